The summed E-state index contributed by atoms with van der Waals surface area (Å²) in [4.78, 5) is 0. The van der Waals surface area contributed by atoms with Crippen molar-refractivity contribution in [3.63, 3.8) is 0 Å². The molecule has 0 aromatic carbocycles. The molecule has 80 valence electrons. The zero-order chi connectivity index (χ0) is 10.6. The van der Waals surface area contributed by atoms with Crippen molar-refractivity contribution in [1.82, 2.24) is 15.5 Å². The SMILES string of the molecule is CC(C)(C)c1[nH]ncc1CNCCO. The Morgan fingerprint density at radius 1 is 1.50 bits per heavy atom. The molecule has 0 atom stereocenters. The number of nitrogens with zero attached hydrogens (tertiary/aromatic N) is 1. The summed E-state index contributed by atoms with van der Waals surface area (Å²) in [7, 11) is 0. The molecule has 0 fully saturated rings. The van der Waals surface area contributed by atoms with Crippen LogP contribution in [0.15, 0.2) is 6.20 Å². The molecule has 0 amide bonds. The number of aliphatic hydroxyl groups excluding tert-OH is 1. The summed E-state index contributed by atoms with van der Waals surface area (Å²) in [6.07, 6.45) is 1.84. The standard InChI is InChI=1S/C10H19N3O/c1-10(2,3)9-8(7-12-13-9)6-11-4-5-14/h7,11,14H,4-6H2,1-3H3,(H,12,13). The van der Waals surface area contributed by atoms with E-state index in [1.807, 2.05) is 6.20 Å². The lowest BCUT2D eigenvalue weighted by atomic mass is 9.89. The molecule has 0 aliphatic rings. The summed E-state index contributed by atoms with van der Waals surface area (Å²) in [5.41, 5.74) is 2.42. The molecule has 0 spiro atoms. The van der Waals surface area contributed by atoms with Gasteiger partial charge in [0.2, 0.25) is 0 Å². The minimum atomic E-state index is 0.0900. The number of hydrogen-bond acceptors (Lipinski definition) is 3. The average Bonchev–Trinajstić information content (AvgIpc) is 2.52. The molecule has 4 heteroatoms. The van der Waals surface area contributed by atoms with Gasteiger partial charge in [-0.2, -0.15) is 5.10 Å². The summed E-state index contributed by atoms with van der Waals surface area (Å²) in [6, 6.07) is 0. The van der Waals surface area contributed by atoms with Crippen molar-refractivity contribution in [1.29, 1.82) is 0 Å². The Bertz CT molecular complexity index is 275. The van der Waals surface area contributed by atoms with Gasteiger partial charge >= 0.3 is 0 Å². The third kappa shape index (κ3) is 2.82. The second kappa shape index (κ2) is 4.57. The highest BCUT2D eigenvalue weighted by Crippen LogP contribution is 2.22. The van der Waals surface area contributed by atoms with E-state index in [1.165, 1.54) is 5.56 Å². The van der Waals surface area contributed by atoms with Gasteiger partial charge in [-0.15, -0.1) is 0 Å². The Morgan fingerprint density at radius 3 is 2.79 bits per heavy atom. The van der Waals surface area contributed by atoms with Crippen LogP contribution in [0.5, 0.6) is 0 Å². The first-order valence-corrected chi connectivity index (χ1v) is 4.90. The van der Waals surface area contributed by atoms with Crippen LogP contribution in [0, 0.1) is 0 Å². The third-order valence-electron chi connectivity index (χ3n) is 2.07. The van der Waals surface area contributed by atoms with E-state index in [9.17, 15) is 0 Å². The lowest BCUT2D eigenvalue weighted by Crippen LogP contribution is -2.21. The van der Waals surface area contributed by atoms with E-state index in [4.69, 9.17) is 5.11 Å². The predicted molar refractivity (Wildman–Crippen MR) is 56.1 cm³/mol. The van der Waals surface area contributed by atoms with Crippen LogP contribution >= 0.6 is 0 Å². The van der Waals surface area contributed by atoms with Gasteiger partial charge in [-0.05, 0) is 0 Å². The summed E-state index contributed by atoms with van der Waals surface area (Å²) < 4.78 is 0. The highest BCUT2D eigenvalue weighted by Gasteiger charge is 2.19. The number of hydrogen-bond donors (Lipinski definition) is 3. The Kier molecular flexibility index (Phi) is 3.66. The Hall–Kier alpha value is -0.870. The van der Waals surface area contributed by atoms with Crippen LogP contribution in [0.3, 0.4) is 0 Å². The molecule has 0 saturated heterocycles. The Labute approximate surface area is 84.7 Å². The molecular weight excluding hydrogens is 178 g/mol. The van der Waals surface area contributed by atoms with E-state index < -0.39 is 0 Å². The fourth-order valence-corrected chi connectivity index (χ4v) is 1.40. The van der Waals surface area contributed by atoms with Gasteiger partial charge < -0.3 is 10.4 Å². The van der Waals surface area contributed by atoms with Crippen molar-refractivity contribution in [2.75, 3.05) is 13.2 Å². The molecule has 14 heavy (non-hydrogen) atoms. The summed E-state index contributed by atoms with van der Waals surface area (Å²) >= 11 is 0. The van der Waals surface area contributed by atoms with Crippen molar-refractivity contribution in [3.05, 3.63) is 17.5 Å². The maximum Gasteiger partial charge on any atom is 0.0556 e. The highest BCUT2D eigenvalue weighted by molar-refractivity contribution is 5.23. The van der Waals surface area contributed by atoms with Crippen LogP contribution in [0.25, 0.3) is 0 Å². The molecule has 3 N–H and O–H groups in total. The maximum atomic E-state index is 8.64. The second-order valence-electron chi connectivity index (χ2n) is 4.42. The van der Waals surface area contributed by atoms with Crippen molar-refractivity contribution >= 4 is 0 Å². The van der Waals surface area contributed by atoms with Crippen LogP contribution in [-0.4, -0.2) is 28.5 Å². The number of nitrogens with one attached hydrogen (secondary N) is 2. The first kappa shape index (κ1) is 11.2. The van der Waals surface area contributed by atoms with E-state index in [1.54, 1.807) is 0 Å². The van der Waals surface area contributed by atoms with Crippen LogP contribution in [-0.2, 0) is 12.0 Å². The molecular formula is C10H19N3O. The normalized spacial score (nSPS) is 12.0. The molecule has 0 aliphatic carbocycles. The summed E-state index contributed by atoms with van der Waals surface area (Å²) in [6.45, 7) is 7.99. The van der Waals surface area contributed by atoms with E-state index >= 15 is 0 Å². The van der Waals surface area contributed by atoms with Gasteiger partial charge in [0.05, 0.1) is 12.8 Å². The molecule has 0 aliphatic heterocycles. The van der Waals surface area contributed by atoms with Gasteiger partial charge in [0, 0.05) is 29.8 Å². The molecule has 0 radical (unpaired) electrons. The molecule has 0 saturated carbocycles. The first-order valence-electron chi connectivity index (χ1n) is 4.90. The monoisotopic (exact) mass is 197 g/mol. The number of H-pyrrole nitrogens is 1. The lowest BCUT2D eigenvalue weighted by Gasteiger charge is -2.18. The number of rotatable bonds is 4. The smallest absolute Gasteiger partial charge is 0.0556 e. The van der Waals surface area contributed by atoms with Crippen molar-refractivity contribution < 1.29 is 5.11 Å². The lowest BCUT2D eigenvalue weighted by molar-refractivity contribution is 0.292. The fraction of sp³-hybridized carbons (Fsp3) is 0.700. The van der Waals surface area contributed by atoms with Gasteiger partial charge in [-0.3, -0.25) is 5.10 Å². The minimum absolute atomic E-state index is 0.0900. The van der Waals surface area contributed by atoms with Crippen molar-refractivity contribution in [2.24, 2.45) is 0 Å². The van der Waals surface area contributed by atoms with Gasteiger partial charge in [0.1, 0.15) is 0 Å². The zero-order valence-electron chi connectivity index (χ0n) is 9.09. The van der Waals surface area contributed by atoms with Crippen LogP contribution in [0.1, 0.15) is 32.0 Å². The molecule has 1 heterocycles. The number of aliphatic hydroxyl groups is 1. The van der Waals surface area contributed by atoms with Crippen LogP contribution in [0.4, 0.5) is 0 Å². The van der Waals surface area contributed by atoms with Crippen molar-refractivity contribution in [3.8, 4) is 0 Å². The van der Waals surface area contributed by atoms with E-state index in [-0.39, 0.29) is 12.0 Å². The fourth-order valence-electron chi connectivity index (χ4n) is 1.40. The third-order valence-corrected chi connectivity index (χ3v) is 2.07. The van der Waals surface area contributed by atoms with Crippen LogP contribution < -0.4 is 5.32 Å². The largest absolute Gasteiger partial charge is 0.395 e. The average molecular weight is 197 g/mol. The predicted octanol–water partition coefficient (Wildman–Crippen LogP) is 0.789. The zero-order valence-corrected chi connectivity index (χ0v) is 9.09. The van der Waals surface area contributed by atoms with Crippen molar-refractivity contribution in [2.45, 2.75) is 32.7 Å². The molecule has 1 aromatic rings. The molecule has 1 aromatic heterocycles. The van der Waals surface area contributed by atoms with E-state index in [0.29, 0.717) is 6.54 Å². The quantitative estimate of drug-likeness (QED) is 0.625. The molecule has 4 nitrogen and oxygen atoms in total. The Balaban J connectivity index is 2.63. The number of aromatic amines is 1. The first-order chi connectivity index (χ1) is 6.55. The topological polar surface area (TPSA) is 60.9 Å². The van der Waals surface area contributed by atoms with Gasteiger partial charge in [0.15, 0.2) is 0 Å². The van der Waals surface area contributed by atoms with Gasteiger partial charge in [0.25, 0.3) is 0 Å². The highest BCUT2D eigenvalue weighted by atomic mass is 16.3. The van der Waals surface area contributed by atoms with Crippen LogP contribution in [0.2, 0.25) is 0 Å². The summed E-state index contributed by atoms with van der Waals surface area (Å²) in [5.74, 6) is 0. The maximum absolute atomic E-state index is 8.64. The Morgan fingerprint density at radius 2 is 2.21 bits per heavy atom. The molecule has 1 rings (SSSR count). The molecule has 0 bridgehead atoms. The summed E-state index contributed by atoms with van der Waals surface area (Å²) in [5, 5.41) is 18.8. The molecule has 0 unspecified atom stereocenters. The second-order valence-corrected chi connectivity index (χ2v) is 4.42. The van der Waals surface area contributed by atoms with E-state index in [0.717, 1.165) is 12.2 Å². The van der Waals surface area contributed by atoms with Gasteiger partial charge in [-0.25, -0.2) is 0 Å². The number of aromatic nitrogens is 2. The minimum Gasteiger partial charge on any atom is -0.395 e. The van der Waals surface area contributed by atoms with Gasteiger partial charge in [-0.1, -0.05) is 20.8 Å². The van der Waals surface area contributed by atoms with E-state index in [2.05, 4.69) is 36.3 Å².